The average molecular weight is 247 g/mol. The maximum atomic E-state index is 12.0. The van der Waals surface area contributed by atoms with Gasteiger partial charge in [0, 0.05) is 17.0 Å². The van der Waals surface area contributed by atoms with Gasteiger partial charge in [0.1, 0.15) is 0 Å². The standard InChI is InChI=1S/C15H21NO2/c1-4-10-5-7-11(8-6-10)14(18)16-12-9-13(17)15(12,2)3/h5-8,12-13,17H,4,9H2,1-3H3,(H,16,18). The van der Waals surface area contributed by atoms with Crippen LogP contribution >= 0.6 is 0 Å². The highest BCUT2D eigenvalue weighted by atomic mass is 16.3. The molecule has 1 aromatic rings. The van der Waals surface area contributed by atoms with Gasteiger partial charge in [-0.25, -0.2) is 0 Å². The molecule has 3 heteroatoms. The van der Waals surface area contributed by atoms with E-state index in [0.29, 0.717) is 12.0 Å². The Labute approximate surface area is 108 Å². The summed E-state index contributed by atoms with van der Waals surface area (Å²) in [6, 6.07) is 7.74. The van der Waals surface area contributed by atoms with E-state index in [1.54, 1.807) is 0 Å². The number of hydrogen-bond donors (Lipinski definition) is 2. The average Bonchev–Trinajstić information content (AvgIpc) is 2.38. The minimum Gasteiger partial charge on any atom is -0.392 e. The number of amides is 1. The summed E-state index contributed by atoms with van der Waals surface area (Å²) in [7, 11) is 0. The van der Waals surface area contributed by atoms with Crippen molar-refractivity contribution in [3.05, 3.63) is 35.4 Å². The van der Waals surface area contributed by atoms with Gasteiger partial charge >= 0.3 is 0 Å². The number of aryl methyl sites for hydroxylation is 1. The molecule has 1 aromatic carbocycles. The first-order valence-corrected chi connectivity index (χ1v) is 6.53. The predicted molar refractivity (Wildman–Crippen MR) is 71.5 cm³/mol. The molecule has 2 atom stereocenters. The van der Waals surface area contributed by atoms with Gasteiger partial charge in [0.15, 0.2) is 0 Å². The predicted octanol–water partition coefficient (Wildman–Crippen LogP) is 2.14. The smallest absolute Gasteiger partial charge is 0.251 e. The molecule has 2 unspecified atom stereocenters. The summed E-state index contributed by atoms with van der Waals surface area (Å²) in [5.74, 6) is -0.0531. The van der Waals surface area contributed by atoms with E-state index in [1.165, 1.54) is 5.56 Å². The van der Waals surface area contributed by atoms with E-state index in [-0.39, 0.29) is 23.5 Å². The molecule has 0 bridgehead atoms. The minimum atomic E-state index is -0.315. The van der Waals surface area contributed by atoms with Crippen molar-refractivity contribution in [3.63, 3.8) is 0 Å². The Kier molecular flexibility index (Phi) is 3.44. The number of aliphatic hydroxyl groups excluding tert-OH is 1. The molecule has 0 aromatic heterocycles. The quantitative estimate of drug-likeness (QED) is 0.859. The first-order valence-electron chi connectivity index (χ1n) is 6.53. The second kappa shape index (κ2) is 4.73. The minimum absolute atomic E-state index is 0.0531. The van der Waals surface area contributed by atoms with E-state index in [2.05, 4.69) is 12.2 Å². The molecule has 1 amide bonds. The highest BCUT2D eigenvalue weighted by Gasteiger charge is 2.47. The van der Waals surface area contributed by atoms with Crippen LogP contribution in [0.3, 0.4) is 0 Å². The Balaban J connectivity index is 2.00. The summed E-state index contributed by atoms with van der Waals surface area (Å²) >= 11 is 0. The van der Waals surface area contributed by atoms with Crippen LogP contribution in [0.2, 0.25) is 0 Å². The van der Waals surface area contributed by atoms with Gasteiger partial charge < -0.3 is 10.4 Å². The number of benzene rings is 1. The van der Waals surface area contributed by atoms with Crippen molar-refractivity contribution < 1.29 is 9.90 Å². The van der Waals surface area contributed by atoms with Gasteiger partial charge in [0.2, 0.25) is 0 Å². The van der Waals surface area contributed by atoms with Crippen LogP contribution in [-0.4, -0.2) is 23.2 Å². The Hall–Kier alpha value is -1.35. The third kappa shape index (κ3) is 2.27. The molecular formula is C15H21NO2. The molecule has 18 heavy (non-hydrogen) atoms. The van der Waals surface area contributed by atoms with E-state index < -0.39 is 0 Å². The number of nitrogens with one attached hydrogen (secondary N) is 1. The van der Waals surface area contributed by atoms with Gasteiger partial charge in [0.05, 0.1) is 6.10 Å². The van der Waals surface area contributed by atoms with E-state index in [9.17, 15) is 9.90 Å². The fourth-order valence-corrected chi connectivity index (χ4v) is 2.28. The number of carbonyl (C=O) groups is 1. The van der Waals surface area contributed by atoms with Crippen LogP contribution in [0.1, 0.15) is 43.1 Å². The first-order chi connectivity index (χ1) is 8.45. The third-order valence-corrected chi connectivity index (χ3v) is 4.15. The topological polar surface area (TPSA) is 49.3 Å². The molecule has 1 aliphatic rings. The van der Waals surface area contributed by atoms with Crippen molar-refractivity contribution in [2.24, 2.45) is 5.41 Å². The van der Waals surface area contributed by atoms with Gasteiger partial charge in [-0.15, -0.1) is 0 Å². The maximum Gasteiger partial charge on any atom is 0.251 e. The fourth-order valence-electron chi connectivity index (χ4n) is 2.28. The molecule has 98 valence electrons. The molecule has 3 nitrogen and oxygen atoms in total. The van der Waals surface area contributed by atoms with Crippen LogP contribution in [0.15, 0.2) is 24.3 Å². The van der Waals surface area contributed by atoms with E-state index in [0.717, 1.165) is 6.42 Å². The normalized spacial score (nSPS) is 25.3. The third-order valence-electron chi connectivity index (χ3n) is 4.15. The Morgan fingerprint density at radius 2 is 2.00 bits per heavy atom. The molecule has 1 aliphatic carbocycles. The molecule has 0 radical (unpaired) electrons. The fraction of sp³-hybridized carbons (Fsp3) is 0.533. The molecule has 0 saturated heterocycles. The van der Waals surface area contributed by atoms with Crippen LogP contribution in [0.5, 0.6) is 0 Å². The Morgan fingerprint density at radius 1 is 1.39 bits per heavy atom. The lowest BCUT2D eigenvalue weighted by molar-refractivity contribution is -0.0689. The highest BCUT2D eigenvalue weighted by molar-refractivity contribution is 5.94. The highest BCUT2D eigenvalue weighted by Crippen LogP contribution is 2.40. The van der Waals surface area contributed by atoms with E-state index in [1.807, 2.05) is 38.1 Å². The second-order valence-corrected chi connectivity index (χ2v) is 5.65. The number of carbonyl (C=O) groups excluding carboxylic acids is 1. The van der Waals surface area contributed by atoms with E-state index >= 15 is 0 Å². The monoisotopic (exact) mass is 247 g/mol. The first kappa shape index (κ1) is 13.1. The lowest BCUT2D eigenvalue weighted by Gasteiger charge is -2.49. The van der Waals surface area contributed by atoms with Gasteiger partial charge in [0.25, 0.3) is 5.91 Å². The molecule has 0 heterocycles. The zero-order valence-electron chi connectivity index (χ0n) is 11.2. The van der Waals surface area contributed by atoms with Gasteiger partial charge in [-0.1, -0.05) is 32.9 Å². The summed E-state index contributed by atoms with van der Waals surface area (Å²) < 4.78 is 0. The largest absolute Gasteiger partial charge is 0.392 e. The summed E-state index contributed by atoms with van der Waals surface area (Å²) in [5, 5.41) is 12.6. The van der Waals surface area contributed by atoms with Crippen molar-refractivity contribution in [3.8, 4) is 0 Å². The van der Waals surface area contributed by atoms with E-state index in [4.69, 9.17) is 0 Å². The van der Waals surface area contributed by atoms with Crippen LogP contribution in [0.4, 0.5) is 0 Å². The molecular weight excluding hydrogens is 226 g/mol. The molecule has 1 fully saturated rings. The van der Waals surface area contributed by atoms with Crippen molar-refractivity contribution in [2.75, 3.05) is 0 Å². The zero-order chi connectivity index (χ0) is 13.3. The van der Waals surface area contributed by atoms with Crippen LogP contribution in [0.25, 0.3) is 0 Å². The lowest BCUT2D eigenvalue weighted by Crippen LogP contribution is -2.61. The molecule has 1 saturated carbocycles. The van der Waals surface area contributed by atoms with Crippen LogP contribution in [0, 0.1) is 5.41 Å². The van der Waals surface area contributed by atoms with Gasteiger partial charge in [-0.05, 0) is 30.5 Å². The summed E-state index contributed by atoms with van der Waals surface area (Å²) in [6.07, 6.45) is 1.31. The van der Waals surface area contributed by atoms with Gasteiger partial charge in [-0.3, -0.25) is 4.79 Å². The van der Waals surface area contributed by atoms with Crippen molar-refractivity contribution >= 4 is 5.91 Å². The van der Waals surface area contributed by atoms with Crippen molar-refractivity contribution in [1.82, 2.24) is 5.32 Å². The van der Waals surface area contributed by atoms with Crippen molar-refractivity contribution in [2.45, 2.75) is 45.8 Å². The lowest BCUT2D eigenvalue weighted by atomic mass is 9.64. The summed E-state index contributed by atoms with van der Waals surface area (Å²) in [5.41, 5.74) is 1.69. The SMILES string of the molecule is CCc1ccc(C(=O)NC2CC(O)C2(C)C)cc1. The van der Waals surface area contributed by atoms with Crippen LogP contribution in [-0.2, 0) is 6.42 Å². The number of hydrogen-bond acceptors (Lipinski definition) is 2. The molecule has 2 rings (SSSR count). The maximum absolute atomic E-state index is 12.0. The Bertz CT molecular complexity index is 436. The van der Waals surface area contributed by atoms with Crippen LogP contribution < -0.4 is 5.32 Å². The second-order valence-electron chi connectivity index (χ2n) is 5.65. The molecule has 2 N–H and O–H groups in total. The number of rotatable bonds is 3. The number of aliphatic hydroxyl groups is 1. The van der Waals surface area contributed by atoms with Gasteiger partial charge in [-0.2, -0.15) is 0 Å². The Morgan fingerprint density at radius 3 is 2.44 bits per heavy atom. The zero-order valence-corrected chi connectivity index (χ0v) is 11.2. The summed E-state index contributed by atoms with van der Waals surface area (Å²) in [6.45, 7) is 6.05. The summed E-state index contributed by atoms with van der Waals surface area (Å²) in [4.78, 5) is 12.0. The molecule has 0 spiro atoms. The van der Waals surface area contributed by atoms with Crippen molar-refractivity contribution in [1.29, 1.82) is 0 Å². The molecule has 0 aliphatic heterocycles.